The third-order valence-electron chi connectivity index (χ3n) is 7.61. The number of aliphatic hydroxyl groups is 1. The second-order valence-corrected chi connectivity index (χ2v) is 13.6. The first-order valence-corrected chi connectivity index (χ1v) is 14.8. The molecule has 3 saturated heterocycles. The summed E-state index contributed by atoms with van der Waals surface area (Å²) < 4.78 is 4.89. The van der Waals surface area contributed by atoms with Crippen molar-refractivity contribution in [1.82, 2.24) is 9.80 Å². The number of ether oxygens (including phenoxy) is 1. The van der Waals surface area contributed by atoms with Crippen LogP contribution in [0.4, 0.5) is 0 Å². The summed E-state index contributed by atoms with van der Waals surface area (Å²) in [5, 5.41) is 10.2. The Labute approximate surface area is 228 Å². The SMILES string of the molecule is C=CCCCOC(=O)[C@H]1[C@@H]2SC3(CC2Br)C(C(=O)N(CC=C)C(C)C)N([C@@H](CO)CC(C)C)C(=O)[C@H]13. The number of esters is 1. The van der Waals surface area contributed by atoms with E-state index in [0.29, 0.717) is 25.8 Å². The van der Waals surface area contributed by atoms with Gasteiger partial charge in [-0.3, -0.25) is 14.4 Å². The minimum absolute atomic E-state index is 0.0166. The quantitative estimate of drug-likeness (QED) is 0.153. The smallest absolute Gasteiger partial charge is 0.310 e. The zero-order chi connectivity index (χ0) is 26.8. The van der Waals surface area contributed by atoms with Crippen LogP contribution in [0.2, 0.25) is 0 Å². The Morgan fingerprint density at radius 3 is 2.56 bits per heavy atom. The minimum Gasteiger partial charge on any atom is -0.465 e. The van der Waals surface area contributed by atoms with Gasteiger partial charge in [0.25, 0.3) is 0 Å². The lowest BCUT2D eigenvalue weighted by Gasteiger charge is -2.41. The number of amides is 2. The van der Waals surface area contributed by atoms with E-state index in [0.717, 1.165) is 6.42 Å². The second-order valence-electron chi connectivity index (χ2n) is 10.8. The van der Waals surface area contributed by atoms with Gasteiger partial charge in [-0.2, -0.15) is 0 Å². The number of alkyl halides is 1. The first-order chi connectivity index (χ1) is 17.0. The highest BCUT2D eigenvalue weighted by Crippen LogP contribution is 2.68. The molecule has 0 aromatic heterocycles. The molecule has 0 saturated carbocycles. The maximum atomic E-state index is 14.2. The van der Waals surface area contributed by atoms with Gasteiger partial charge < -0.3 is 19.6 Å². The highest BCUT2D eigenvalue weighted by Gasteiger charge is 2.76. The highest BCUT2D eigenvalue weighted by molar-refractivity contribution is 9.09. The fraction of sp³-hybridized carbons (Fsp3) is 0.741. The fourth-order valence-corrected chi connectivity index (χ4v) is 9.76. The van der Waals surface area contributed by atoms with Gasteiger partial charge in [0.1, 0.15) is 6.04 Å². The third-order valence-corrected chi connectivity index (χ3v) is 10.8. The number of halogens is 1. The maximum Gasteiger partial charge on any atom is 0.310 e. The van der Waals surface area contributed by atoms with Crippen molar-refractivity contribution in [2.24, 2.45) is 17.8 Å². The van der Waals surface area contributed by atoms with Crippen LogP contribution in [-0.4, -0.2) is 85.4 Å². The standard InChI is InChI=1S/C27H41BrN2O5S/c1-7-9-10-12-35-26(34)20-21-24(32)30(18(15-31)13-16(3)4)23(25(33)29(11-8-2)17(5)6)27(21)14-19(28)22(20)36-27/h7-8,16-23,31H,1-2,9-15H2,3-6H3/t18-,19?,20-,21+,22-,23?,27?/m1/s1. The summed E-state index contributed by atoms with van der Waals surface area (Å²) in [7, 11) is 0. The number of thioether (sulfide) groups is 1. The first-order valence-electron chi connectivity index (χ1n) is 13.0. The normalized spacial score (nSPS) is 31.6. The van der Waals surface area contributed by atoms with E-state index in [4.69, 9.17) is 4.74 Å². The van der Waals surface area contributed by atoms with Crippen LogP contribution in [0, 0.1) is 17.8 Å². The predicted molar refractivity (Wildman–Crippen MR) is 147 cm³/mol. The maximum absolute atomic E-state index is 14.2. The van der Waals surface area contributed by atoms with E-state index in [9.17, 15) is 19.5 Å². The van der Waals surface area contributed by atoms with Crippen molar-refractivity contribution in [3.05, 3.63) is 25.3 Å². The van der Waals surface area contributed by atoms with Gasteiger partial charge in [-0.15, -0.1) is 24.9 Å². The van der Waals surface area contributed by atoms with Crippen LogP contribution < -0.4 is 0 Å². The van der Waals surface area contributed by atoms with Crippen LogP contribution in [0.3, 0.4) is 0 Å². The van der Waals surface area contributed by atoms with E-state index < -0.39 is 28.7 Å². The largest absolute Gasteiger partial charge is 0.465 e. The van der Waals surface area contributed by atoms with Gasteiger partial charge in [0.2, 0.25) is 11.8 Å². The topological polar surface area (TPSA) is 87.2 Å². The molecule has 0 aliphatic carbocycles. The molecule has 1 N–H and O–H groups in total. The van der Waals surface area contributed by atoms with E-state index in [-0.39, 0.29) is 53.0 Å². The van der Waals surface area contributed by atoms with Gasteiger partial charge in [-0.05, 0) is 45.4 Å². The molecule has 3 aliphatic rings. The number of unbranched alkanes of at least 4 members (excludes halogenated alkanes) is 1. The number of likely N-dealkylation sites (tertiary alicyclic amines) is 1. The summed E-state index contributed by atoms with van der Waals surface area (Å²) in [4.78, 5) is 45.2. The molecule has 36 heavy (non-hydrogen) atoms. The fourth-order valence-electron chi connectivity index (χ4n) is 6.18. The molecule has 3 unspecified atom stereocenters. The van der Waals surface area contributed by atoms with Crippen molar-refractivity contribution in [3.8, 4) is 0 Å². The van der Waals surface area contributed by atoms with Crippen molar-refractivity contribution >= 4 is 45.5 Å². The summed E-state index contributed by atoms with van der Waals surface area (Å²) in [6.07, 6.45) is 6.08. The van der Waals surface area contributed by atoms with Crippen molar-refractivity contribution < 1.29 is 24.2 Å². The number of fused-ring (bicyclic) bond motifs is 1. The molecule has 0 aromatic rings. The van der Waals surface area contributed by atoms with Gasteiger partial charge in [0.15, 0.2) is 0 Å². The predicted octanol–water partition coefficient (Wildman–Crippen LogP) is 3.79. The molecule has 202 valence electrons. The summed E-state index contributed by atoms with van der Waals surface area (Å²) >= 11 is 5.37. The lowest BCUT2D eigenvalue weighted by atomic mass is 9.71. The first kappa shape index (κ1) is 29.2. The number of hydrogen-bond donors (Lipinski definition) is 1. The monoisotopic (exact) mass is 584 g/mol. The van der Waals surface area contributed by atoms with E-state index in [1.54, 1.807) is 33.7 Å². The van der Waals surface area contributed by atoms with E-state index >= 15 is 0 Å². The summed E-state index contributed by atoms with van der Waals surface area (Å²) in [6.45, 7) is 15.9. The van der Waals surface area contributed by atoms with Crippen LogP contribution in [0.15, 0.2) is 25.3 Å². The summed E-state index contributed by atoms with van der Waals surface area (Å²) in [6, 6.07) is -1.35. The number of hydrogen-bond acceptors (Lipinski definition) is 6. The van der Waals surface area contributed by atoms with E-state index in [1.807, 2.05) is 27.7 Å². The number of nitrogens with zero attached hydrogens (tertiary/aromatic N) is 2. The van der Waals surface area contributed by atoms with Crippen molar-refractivity contribution in [3.63, 3.8) is 0 Å². The molecule has 2 bridgehead atoms. The average molecular weight is 586 g/mol. The second kappa shape index (κ2) is 12.0. The van der Waals surface area contributed by atoms with E-state index in [1.165, 1.54) is 0 Å². The van der Waals surface area contributed by atoms with Gasteiger partial charge in [-0.25, -0.2) is 0 Å². The number of carbonyl (C=O) groups is 3. The molecule has 9 heteroatoms. The zero-order valence-corrected chi connectivity index (χ0v) is 24.3. The van der Waals surface area contributed by atoms with Gasteiger partial charge in [-0.1, -0.05) is 41.9 Å². The highest BCUT2D eigenvalue weighted by atomic mass is 79.9. The molecular formula is C27H41BrN2O5S. The molecular weight excluding hydrogens is 544 g/mol. The minimum atomic E-state index is -0.762. The molecule has 3 fully saturated rings. The average Bonchev–Trinajstić information content (AvgIpc) is 3.41. The van der Waals surface area contributed by atoms with Crippen LogP contribution in [0.1, 0.15) is 53.4 Å². The molecule has 0 radical (unpaired) electrons. The van der Waals surface area contributed by atoms with Crippen LogP contribution in [-0.2, 0) is 19.1 Å². The molecule has 1 spiro atoms. The number of rotatable bonds is 13. The lowest BCUT2D eigenvalue weighted by molar-refractivity contribution is -0.154. The number of aliphatic hydroxyl groups excluding tert-OH is 1. The van der Waals surface area contributed by atoms with E-state index in [2.05, 4.69) is 29.1 Å². The summed E-state index contributed by atoms with van der Waals surface area (Å²) in [5.74, 6) is -1.79. The molecule has 3 aliphatic heterocycles. The van der Waals surface area contributed by atoms with Crippen LogP contribution in [0.5, 0.6) is 0 Å². The van der Waals surface area contributed by atoms with Crippen LogP contribution in [0.25, 0.3) is 0 Å². The van der Waals surface area contributed by atoms with Crippen LogP contribution >= 0.6 is 27.7 Å². The summed E-state index contributed by atoms with van der Waals surface area (Å²) in [5.41, 5.74) is 0. The zero-order valence-electron chi connectivity index (χ0n) is 21.9. The van der Waals surface area contributed by atoms with Gasteiger partial charge in [0.05, 0.1) is 35.8 Å². The van der Waals surface area contributed by atoms with Gasteiger partial charge >= 0.3 is 5.97 Å². The Morgan fingerprint density at radius 1 is 1.31 bits per heavy atom. The lowest BCUT2D eigenvalue weighted by Crippen LogP contribution is -2.59. The Balaban J connectivity index is 2.06. The van der Waals surface area contributed by atoms with Crippen molar-refractivity contribution in [1.29, 1.82) is 0 Å². The molecule has 2 amide bonds. The Hall–Kier alpha value is -1.32. The van der Waals surface area contributed by atoms with Gasteiger partial charge in [0, 0.05) is 22.7 Å². The number of allylic oxidation sites excluding steroid dienone is 1. The molecule has 7 atom stereocenters. The van der Waals surface area contributed by atoms with Crippen molar-refractivity contribution in [2.75, 3.05) is 19.8 Å². The molecule has 3 rings (SSSR count). The Morgan fingerprint density at radius 2 is 2.00 bits per heavy atom. The molecule has 3 heterocycles. The van der Waals surface area contributed by atoms with Crippen molar-refractivity contribution in [2.45, 2.75) is 86.3 Å². The number of carbonyl (C=O) groups excluding carboxylic acids is 3. The molecule has 0 aromatic carbocycles. The third kappa shape index (κ3) is 5.17. The molecule has 7 nitrogen and oxygen atoms in total. The Bertz CT molecular complexity index is 867. The Kier molecular flexibility index (Phi) is 9.77.